The number of nitro benzene ring substituents is 1. The normalized spacial score (nSPS) is 25.5. The molecule has 1 aliphatic carbocycles. The highest BCUT2D eigenvalue weighted by Crippen LogP contribution is 2.46. The number of benzene rings is 3. The quantitative estimate of drug-likeness (QED) is 0.0659. The van der Waals surface area contributed by atoms with Crippen molar-refractivity contribution in [2.45, 2.75) is 106 Å². The average Bonchev–Trinajstić information content (AvgIpc) is 3.87. The van der Waals surface area contributed by atoms with Gasteiger partial charge in [-0.15, -0.1) is 0 Å². The van der Waals surface area contributed by atoms with Gasteiger partial charge < -0.3 is 39.4 Å². The summed E-state index contributed by atoms with van der Waals surface area (Å²) in [5.74, 6) is 0.172. The van der Waals surface area contributed by atoms with Crippen LogP contribution >= 0.6 is 0 Å². The van der Waals surface area contributed by atoms with E-state index in [1.165, 1.54) is 23.3 Å². The number of H-pyrrole nitrogens is 1. The number of carbonyl (C=O) groups is 1. The Balaban J connectivity index is 0.861. The molecular formula is C55H69N9O9S. The summed E-state index contributed by atoms with van der Waals surface area (Å²) in [5.41, 5.74) is 4.58. The van der Waals surface area contributed by atoms with Crippen molar-refractivity contribution in [3.05, 3.63) is 106 Å². The van der Waals surface area contributed by atoms with E-state index in [2.05, 4.69) is 65.8 Å². The van der Waals surface area contributed by atoms with E-state index in [1.807, 2.05) is 37.4 Å². The molecule has 0 unspecified atom stereocenters. The fourth-order valence-corrected chi connectivity index (χ4v) is 13.4. The van der Waals surface area contributed by atoms with Crippen molar-refractivity contribution in [2.75, 3.05) is 87.4 Å². The van der Waals surface area contributed by atoms with Crippen molar-refractivity contribution in [3.63, 3.8) is 0 Å². The number of piperidine rings is 1. The summed E-state index contributed by atoms with van der Waals surface area (Å²) >= 11 is 0. The second-order valence-corrected chi connectivity index (χ2v) is 23.4. The number of ether oxygens (including phenoxy) is 3. The Kier molecular flexibility index (Phi) is 14.3. The number of amides is 1. The van der Waals surface area contributed by atoms with Gasteiger partial charge in [-0.2, -0.15) is 4.98 Å². The number of aryl methyl sites for hydroxylation is 1. The number of nitro groups is 1. The number of piperazine rings is 1. The van der Waals surface area contributed by atoms with Crippen molar-refractivity contribution in [2.24, 2.45) is 11.8 Å². The Labute approximate surface area is 432 Å². The highest BCUT2D eigenvalue weighted by molar-refractivity contribution is 7.90. The zero-order chi connectivity index (χ0) is 51.1. The van der Waals surface area contributed by atoms with Gasteiger partial charge in [-0.05, 0) is 137 Å². The lowest BCUT2D eigenvalue weighted by Crippen LogP contribution is -2.54. The summed E-state index contributed by atoms with van der Waals surface area (Å²) in [6.07, 6.45) is 8.88. The fourth-order valence-electron chi connectivity index (χ4n) is 12.4. The Morgan fingerprint density at radius 1 is 0.905 bits per heavy atom. The first-order valence-electron chi connectivity index (χ1n) is 26.6. The van der Waals surface area contributed by atoms with Gasteiger partial charge in [-0.1, -0.05) is 24.3 Å². The smallest absolute Gasteiger partial charge is 0.293 e. The van der Waals surface area contributed by atoms with Crippen LogP contribution in [0.4, 0.5) is 28.4 Å². The van der Waals surface area contributed by atoms with E-state index in [9.17, 15) is 28.4 Å². The standard InChI is InChI=1S/C55H69N9O9S/c1-36-5-3-4-6-43(36)50-34-61(40-16-26-71-27-17-40)24-25-62(50)33-38-14-22-60(23-15-38)41-7-9-44(47(30-41)63-46-18-28-72-35-51(46)73-54-49(63)29-39-13-21-56-52(39)58-54)53(65)59-74(69,70)42-8-10-45(48(31-42)64(67)68)57-32-37-11-19-55(2,66)20-12-37/h3-10,13,21,29-31,37-38,40,46,50-51,57,66H,11-12,14-20,22-28,32-35H2,1-2H3,(H,56,58)(H,59,65)/t37?,46-,50+,51-,55?/m0/s1. The van der Waals surface area contributed by atoms with Gasteiger partial charge in [0.05, 0.1) is 39.3 Å². The summed E-state index contributed by atoms with van der Waals surface area (Å²) in [6.45, 7) is 12.6. The van der Waals surface area contributed by atoms with Gasteiger partial charge in [0, 0.05) is 101 Å². The number of rotatable bonds is 13. The zero-order valence-electron chi connectivity index (χ0n) is 42.4. The number of fused-ring (bicyclic) bond motifs is 3. The minimum atomic E-state index is -4.63. The van der Waals surface area contributed by atoms with E-state index in [-0.39, 0.29) is 23.2 Å². The van der Waals surface area contributed by atoms with Gasteiger partial charge in [0.2, 0.25) is 5.88 Å². The highest BCUT2D eigenvalue weighted by Gasteiger charge is 2.42. The monoisotopic (exact) mass is 1030 g/mol. The number of nitrogens with zero attached hydrogens (tertiary/aromatic N) is 6. The highest BCUT2D eigenvalue weighted by atomic mass is 32.2. The number of pyridine rings is 1. The lowest BCUT2D eigenvalue weighted by Gasteiger charge is -2.47. The summed E-state index contributed by atoms with van der Waals surface area (Å²) in [7, 11) is -4.63. The number of hydrogen-bond acceptors (Lipinski definition) is 15. The van der Waals surface area contributed by atoms with Gasteiger partial charge in [0.1, 0.15) is 23.1 Å². The van der Waals surface area contributed by atoms with Crippen molar-refractivity contribution in [1.82, 2.24) is 24.5 Å². The van der Waals surface area contributed by atoms with Crippen molar-refractivity contribution in [3.8, 4) is 5.88 Å². The summed E-state index contributed by atoms with van der Waals surface area (Å²) in [6, 6.07) is 22.6. The second kappa shape index (κ2) is 21.1. The molecular weight excluding hydrogens is 963 g/mol. The van der Waals surface area contributed by atoms with Crippen molar-refractivity contribution in [1.29, 1.82) is 0 Å². The third-order valence-corrected chi connectivity index (χ3v) is 18.1. The third-order valence-electron chi connectivity index (χ3n) is 16.8. The molecule has 0 spiro atoms. The molecule has 3 atom stereocenters. The van der Waals surface area contributed by atoms with Gasteiger partial charge in [0.15, 0.2) is 0 Å². The SMILES string of the molecule is Cc1ccccc1[C@H]1CN(C2CCOCC2)CCN1CC1CCN(c2ccc(C(=O)NS(=O)(=O)c3ccc(NCC4CCC(C)(O)CC4)c([N+](=O)[O-])c3)c(N3c4cc5cc[nH]c5nc4O[C@H]4COCC[C@@H]43)c2)CC1. The molecule has 1 amide bonds. The first kappa shape index (κ1) is 50.3. The number of hydrogen-bond donors (Lipinski definition) is 4. The van der Waals surface area contributed by atoms with Crippen LogP contribution in [0.15, 0.2) is 83.9 Å². The number of carbonyl (C=O) groups excluding carboxylic acids is 1. The predicted octanol–water partition coefficient (Wildman–Crippen LogP) is 7.69. The van der Waals surface area contributed by atoms with E-state index in [0.29, 0.717) is 79.9 Å². The Hall–Kier alpha value is -5.83. The summed E-state index contributed by atoms with van der Waals surface area (Å²) in [5, 5.41) is 26.8. The van der Waals surface area contributed by atoms with E-state index >= 15 is 0 Å². The number of aromatic nitrogens is 2. The minimum absolute atomic E-state index is 0.112. The molecule has 4 saturated heterocycles. The van der Waals surface area contributed by atoms with Crippen molar-refractivity contribution < 1.29 is 37.5 Å². The third kappa shape index (κ3) is 10.6. The molecule has 4 N–H and O–H groups in total. The van der Waals surface area contributed by atoms with Gasteiger partial charge in [-0.3, -0.25) is 24.7 Å². The average molecular weight is 1030 g/mol. The molecule has 3 aromatic carbocycles. The molecule has 5 aliphatic heterocycles. The largest absolute Gasteiger partial charge is 0.468 e. The van der Waals surface area contributed by atoms with E-state index in [1.54, 1.807) is 6.07 Å². The van der Waals surface area contributed by atoms with Crippen LogP contribution in [0.3, 0.4) is 0 Å². The Morgan fingerprint density at radius 3 is 2.47 bits per heavy atom. The molecule has 2 aromatic heterocycles. The van der Waals surface area contributed by atoms with Crippen LogP contribution in [0, 0.1) is 28.9 Å². The van der Waals surface area contributed by atoms with Crippen LogP contribution in [0.2, 0.25) is 0 Å². The lowest BCUT2D eigenvalue weighted by atomic mass is 9.80. The minimum Gasteiger partial charge on any atom is -0.468 e. The van der Waals surface area contributed by atoms with Gasteiger partial charge in [0.25, 0.3) is 21.6 Å². The molecule has 7 heterocycles. The number of anilines is 4. The molecule has 19 heteroatoms. The second-order valence-electron chi connectivity index (χ2n) is 21.7. The topological polar surface area (TPSA) is 208 Å². The summed E-state index contributed by atoms with van der Waals surface area (Å²) < 4.78 is 48.9. The van der Waals surface area contributed by atoms with Crippen LogP contribution < -0.4 is 24.6 Å². The lowest BCUT2D eigenvalue weighted by molar-refractivity contribution is -0.384. The molecule has 5 fully saturated rings. The van der Waals surface area contributed by atoms with Crippen molar-refractivity contribution >= 4 is 55.4 Å². The molecule has 18 nitrogen and oxygen atoms in total. The molecule has 1 saturated carbocycles. The molecule has 0 radical (unpaired) electrons. The number of sulfonamides is 1. The number of aliphatic hydroxyl groups is 1. The molecule has 74 heavy (non-hydrogen) atoms. The maximum Gasteiger partial charge on any atom is 0.293 e. The first-order valence-corrected chi connectivity index (χ1v) is 28.1. The van der Waals surface area contributed by atoms with Crippen LogP contribution in [0.25, 0.3) is 11.0 Å². The van der Waals surface area contributed by atoms with Crippen LogP contribution in [0.5, 0.6) is 5.88 Å². The molecule has 394 valence electrons. The molecule has 0 bridgehead atoms. The fraction of sp³-hybridized carbons (Fsp3) is 0.527. The van der Waals surface area contributed by atoms with Crippen LogP contribution in [-0.4, -0.2) is 140 Å². The zero-order valence-corrected chi connectivity index (χ0v) is 43.2. The van der Waals surface area contributed by atoms with Crippen LogP contribution in [0.1, 0.15) is 92.2 Å². The molecule has 11 rings (SSSR count). The molecule has 5 aromatic rings. The Bertz CT molecular complexity index is 2960. The maximum atomic E-state index is 14.7. The van der Waals surface area contributed by atoms with E-state index < -0.39 is 43.1 Å². The Morgan fingerprint density at radius 2 is 1.69 bits per heavy atom. The summed E-state index contributed by atoms with van der Waals surface area (Å²) in [4.78, 5) is 44.0. The maximum absolute atomic E-state index is 14.7. The van der Waals surface area contributed by atoms with E-state index in [0.717, 1.165) is 108 Å². The van der Waals surface area contributed by atoms with E-state index in [4.69, 9.17) is 19.2 Å². The first-order chi connectivity index (χ1) is 35.8. The number of nitrogens with one attached hydrogen (secondary N) is 3. The molecule has 6 aliphatic rings. The number of aromatic amines is 1. The van der Waals surface area contributed by atoms with Crippen LogP contribution in [-0.2, 0) is 19.5 Å². The van der Waals surface area contributed by atoms with Gasteiger partial charge in [-0.25, -0.2) is 13.1 Å². The van der Waals surface area contributed by atoms with Gasteiger partial charge >= 0.3 is 0 Å². The predicted molar refractivity (Wildman–Crippen MR) is 283 cm³/mol.